The monoisotopic (exact) mass is 279 g/mol. The summed E-state index contributed by atoms with van der Waals surface area (Å²) in [5.74, 6) is -1.12. The van der Waals surface area contributed by atoms with Crippen molar-refractivity contribution in [1.82, 2.24) is 5.32 Å². The molecule has 0 aromatic heterocycles. The molecule has 1 aliphatic heterocycles. The molecule has 2 fully saturated rings. The SMILES string of the molecule is CC1CC(NC2CCCC(C(F)(F)F)C2)CC(C)O1. The van der Waals surface area contributed by atoms with E-state index in [1.807, 2.05) is 13.8 Å². The van der Waals surface area contributed by atoms with Crippen molar-refractivity contribution >= 4 is 0 Å². The Morgan fingerprint density at radius 2 is 1.58 bits per heavy atom. The van der Waals surface area contributed by atoms with Crippen molar-refractivity contribution in [3.8, 4) is 0 Å². The molecule has 112 valence electrons. The second-order valence-electron chi connectivity index (χ2n) is 6.19. The average molecular weight is 279 g/mol. The van der Waals surface area contributed by atoms with Gasteiger partial charge in [-0.2, -0.15) is 13.2 Å². The van der Waals surface area contributed by atoms with Crippen LogP contribution in [0, 0.1) is 5.92 Å². The Labute approximate surface area is 113 Å². The first-order valence-electron chi connectivity index (χ1n) is 7.33. The van der Waals surface area contributed by atoms with Crippen LogP contribution in [-0.4, -0.2) is 30.5 Å². The van der Waals surface area contributed by atoms with Gasteiger partial charge in [0.05, 0.1) is 18.1 Å². The van der Waals surface area contributed by atoms with Crippen molar-refractivity contribution in [2.24, 2.45) is 5.92 Å². The predicted octanol–water partition coefficient (Wildman–Crippen LogP) is 3.65. The zero-order valence-corrected chi connectivity index (χ0v) is 11.7. The molecule has 0 spiro atoms. The van der Waals surface area contributed by atoms with Crippen molar-refractivity contribution in [2.75, 3.05) is 0 Å². The lowest BCUT2D eigenvalue weighted by Crippen LogP contribution is -2.48. The van der Waals surface area contributed by atoms with Crippen molar-refractivity contribution in [3.05, 3.63) is 0 Å². The molecule has 1 heterocycles. The molecule has 0 aromatic carbocycles. The third kappa shape index (κ3) is 4.35. The fourth-order valence-corrected chi connectivity index (χ4v) is 3.51. The van der Waals surface area contributed by atoms with Crippen LogP contribution in [0.15, 0.2) is 0 Å². The molecule has 4 unspecified atom stereocenters. The molecule has 0 bridgehead atoms. The van der Waals surface area contributed by atoms with Gasteiger partial charge in [-0.3, -0.25) is 0 Å². The van der Waals surface area contributed by atoms with Gasteiger partial charge in [-0.1, -0.05) is 6.42 Å². The van der Waals surface area contributed by atoms with Crippen LogP contribution in [0.2, 0.25) is 0 Å². The fraction of sp³-hybridized carbons (Fsp3) is 1.00. The van der Waals surface area contributed by atoms with Gasteiger partial charge < -0.3 is 10.1 Å². The third-order valence-electron chi connectivity index (χ3n) is 4.31. The number of ether oxygens (including phenoxy) is 1. The van der Waals surface area contributed by atoms with Crippen molar-refractivity contribution < 1.29 is 17.9 Å². The number of nitrogens with one attached hydrogen (secondary N) is 1. The lowest BCUT2D eigenvalue weighted by Gasteiger charge is -2.38. The number of hydrogen-bond acceptors (Lipinski definition) is 2. The maximum Gasteiger partial charge on any atom is 0.391 e. The molecular weight excluding hydrogens is 255 g/mol. The van der Waals surface area contributed by atoms with Gasteiger partial charge in [0, 0.05) is 12.1 Å². The molecular formula is C14H24F3NO. The molecule has 1 saturated heterocycles. The highest BCUT2D eigenvalue weighted by atomic mass is 19.4. The van der Waals surface area contributed by atoms with Crippen LogP contribution in [0.25, 0.3) is 0 Å². The molecule has 0 aromatic rings. The van der Waals surface area contributed by atoms with E-state index in [-0.39, 0.29) is 24.7 Å². The normalized spacial score (nSPS) is 41.2. The van der Waals surface area contributed by atoms with E-state index >= 15 is 0 Å². The van der Waals surface area contributed by atoms with Crippen LogP contribution in [0.4, 0.5) is 13.2 Å². The quantitative estimate of drug-likeness (QED) is 0.833. The first kappa shape index (κ1) is 15.1. The Morgan fingerprint density at radius 1 is 0.947 bits per heavy atom. The highest BCUT2D eigenvalue weighted by Crippen LogP contribution is 2.38. The summed E-state index contributed by atoms with van der Waals surface area (Å²) >= 11 is 0. The van der Waals surface area contributed by atoms with Crippen LogP contribution in [0.5, 0.6) is 0 Å². The molecule has 19 heavy (non-hydrogen) atoms. The minimum absolute atomic E-state index is 0.0166. The molecule has 2 nitrogen and oxygen atoms in total. The first-order chi connectivity index (χ1) is 8.84. The Kier molecular flexibility index (Phi) is 4.77. The number of halogens is 3. The minimum Gasteiger partial charge on any atom is -0.375 e. The largest absolute Gasteiger partial charge is 0.391 e. The molecule has 1 aliphatic carbocycles. The van der Waals surface area contributed by atoms with E-state index in [0.29, 0.717) is 18.9 Å². The maximum absolute atomic E-state index is 12.8. The van der Waals surface area contributed by atoms with E-state index in [4.69, 9.17) is 4.74 Å². The Morgan fingerprint density at radius 3 is 2.16 bits per heavy atom. The molecule has 2 rings (SSSR count). The van der Waals surface area contributed by atoms with Gasteiger partial charge in [0.25, 0.3) is 0 Å². The summed E-state index contributed by atoms with van der Waals surface area (Å²) in [4.78, 5) is 0. The van der Waals surface area contributed by atoms with Crippen LogP contribution in [0.1, 0.15) is 52.4 Å². The summed E-state index contributed by atoms with van der Waals surface area (Å²) in [6.07, 6.45) is 0.243. The van der Waals surface area contributed by atoms with Crippen LogP contribution in [-0.2, 0) is 4.74 Å². The molecule has 0 radical (unpaired) electrons. The number of rotatable bonds is 2. The number of hydrogen-bond donors (Lipinski definition) is 1. The fourth-order valence-electron chi connectivity index (χ4n) is 3.51. The zero-order chi connectivity index (χ0) is 14.0. The Bertz CT molecular complexity index is 285. The minimum atomic E-state index is -4.03. The summed E-state index contributed by atoms with van der Waals surface area (Å²) in [6, 6.07) is 0.318. The molecule has 2 aliphatic rings. The summed E-state index contributed by atoms with van der Waals surface area (Å²) in [5, 5.41) is 3.44. The topological polar surface area (TPSA) is 21.3 Å². The number of alkyl halides is 3. The smallest absolute Gasteiger partial charge is 0.375 e. The van der Waals surface area contributed by atoms with Crippen molar-refractivity contribution in [1.29, 1.82) is 0 Å². The molecule has 1 saturated carbocycles. The van der Waals surface area contributed by atoms with Gasteiger partial charge in [0.2, 0.25) is 0 Å². The highest BCUT2D eigenvalue weighted by Gasteiger charge is 2.42. The van der Waals surface area contributed by atoms with E-state index in [9.17, 15) is 13.2 Å². The van der Waals surface area contributed by atoms with E-state index in [1.165, 1.54) is 0 Å². The summed E-state index contributed by atoms with van der Waals surface area (Å²) in [6.45, 7) is 4.06. The Hall–Kier alpha value is -0.290. The lowest BCUT2D eigenvalue weighted by atomic mass is 9.84. The molecule has 5 heteroatoms. The maximum atomic E-state index is 12.8. The second kappa shape index (κ2) is 6.00. The lowest BCUT2D eigenvalue weighted by molar-refractivity contribution is -0.184. The highest BCUT2D eigenvalue weighted by molar-refractivity contribution is 4.86. The summed E-state index contributed by atoms with van der Waals surface area (Å²) in [7, 11) is 0. The van der Waals surface area contributed by atoms with Crippen LogP contribution < -0.4 is 5.32 Å². The molecule has 4 atom stereocenters. The Balaban J connectivity index is 1.85. The first-order valence-corrected chi connectivity index (χ1v) is 7.33. The molecule has 0 amide bonds. The van der Waals surface area contributed by atoms with Gasteiger partial charge in [0.1, 0.15) is 0 Å². The summed E-state index contributed by atoms with van der Waals surface area (Å²) in [5.41, 5.74) is 0. The van der Waals surface area contributed by atoms with Crippen LogP contribution in [0.3, 0.4) is 0 Å². The third-order valence-corrected chi connectivity index (χ3v) is 4.31. The van der Waals surface area contributed by atoms with Gasteiger partial charge in [0.15, 0.2) is 0 Å². The van der Waals surface area contributed by atoms with E-state index in [0.717, 1.165) is 19.3 Å². The predicted molar refractivity (Wildman–Crippen MR) is 68.0 cm³/mol. The zero-order valence-electron chi connectivity index (χ0n) is 11.7. The van der Waals surface area contributed by atoms with E-state index in [1.54, 1.807) is 0 Å². The van der Waals surface area contributed by atoms with Crippen LogP contribution >= 0.6 is 0 Å². The molecule has 1 N–H and O–H groups in total. The van der Waals surface area contributed by atoms with Gasteiger partial charge in [-0.05, 0) is 46.0 Å². The summed E-state index contributed by atoms with van der Waals surface area (Å²) < 4.78 is 44.0. The van der Waals surface area contributed by atoms with E-state index in [2.05, 4.69) is 5.32 Å². The van der Waals surface area contributed by atoms with E-state index < -0.39 is 12.1 Å². The van der Waals surface area contributed by atoms with Crippen molar-refractivity contribution in [2.45, 2.75) is 82.8 Å². The standard InChI is InChI=1S/C14H24F3NO/c1-9-6-13(7-10(2)19-9)18-12-5-3-4-11(8-12)14(15,16)17/h9-13,18H,3-8H2,1-2H3. The van der Waals surface area contributed by atoms with Crippen molar-refractivity contribution in [3.63, 3.8) is 0 Å². The van der Waals surface area contributed by atoms with Gasteiger partial charge in [-0.25, -0.2) is 0 Å². The average Bonchev–Trinajstić information content (AvgIpc) is 2.26. The van der Waals surface area contributed by atoms with Gasteiger partial charge in [-0.15, -0.1) is 0 Å². The van der Waals surface area contributed by atoms with Gasteiger partial charge >= 0.3 is 6.18 Å². The second-order valence-corrected chi connectivity index (χ2v) is 6.19.